The number of hydrogen-bond acceptors (Lipinski definition) is 6. The maximum atomic E-state index is 10.9. The second-order valence-electron chi connectivity index (χ2n) is 2.52. The van der Waals surface area contributed by atoms with Crippen LogP contribution in [-0.2, 0) is 16.0 Å². The first kappa shape index (κ1) is 10.8. The number of methoxy groups -OCH3 is 1. The fraction of sp³-hybridized carbons (Fsp3) is 0.375. The Bertz CT molecular complexity index is 343. The molecule has 0 radical (unpaired) electrons. The summed E-state index contributed by atoms with van der Waals surface area (Å²) in [7, 11) is 1.33. The lowest BCUT2D eigenvalue weighted by atomic mass is 10.2. The molecule has 0 aromatic carbocycles. The van der Waals surface area contributed by atoms with Crippen LogP contribution in [0.5, 0.6) is 0 Å². The highest BCUT2D eigenvalue weighted by atomic mass is 32.2. The van der Waals surface area contributed by atoms with Crippen molar-refractivity contribution in [2.75, 3.05) is 19.1 Å². The molecule has 0 unspecified atom stereocenters. The molecule has 2 N–H and O–H groups in total. The Hall–Kier alpha value is -1.30. The molecule has 1 aromatic rings. The molecule has 0 fully saturated rings. The van der Waals surface area contributed by atoms with Crippen molar-refractivity contribution in [3.8, 4) is 0 Å². The first-order chi connectivity index (χ1) is 6.67. The number of nitrogens with two attached hydrogens (primary N) is 1. The summed E-state index contributed by atoms with van der Waals surface area (Å²) in [5.41, 5.74) is 6.22. The molecule has 0 aliphatic heterocycles. The van der Waals surface area contributed by atoms with E-state index in [0.717, 1.165) is 0 Å². The van der Waals surface area contributed by atoms with E-state index in [0.29, 0.717) is 16.5 Å². The van der Waals surface area contributed by atoms with Gasteiger partial charge in [-0.05, 0) is 6.26 Å². The van der Waals surface area contributed by atoms with Crippen LogP contribution in [0.15, 0.2) is 11.4 Å². The van der Waals surface area contributed by atoms with Gasteiger partial charge in [0.1, 0.15) is 5.82 Å². The topological polar surface area (TPSA) is 78.1 Å². The van der Waals surface area contributed by atoms with Gasteiger partial charge in [0.25, 0.3) is 0 Å². The van der Waals surface area contributed by atoms with Crippen LogP contribution in [0.3, 0.4) is 0 Å². The molecule has 0 atom stereocenters. The number of ether oxygens (including phenoxy) is 1. The van der Waals surface area contributed by atoms with Crippen LogP contribution >= 0.6 is 11.8 Å². The van der Waals surface area contributed by atoms with Crippen LogP contribution in [0.1, 0.15) is 5.56 Å². The number of esters is 1. The second kappa shape index (κ2) is 4.80. The minimum absolute atomic E-state index is 0.108. The third kappa shape index (κ3) is 2.59. The van der Waals surface area contributed by atoms with Crippen molar-refractivity contribution >= 4 is 23.5 Å². The van der Waals surface area contributed by atoms with Gasteiger partial charge in [0.15, 0.2) is 5.16 Å². The molecule has 1 rings (SSSR count). The van der Waals surface area contributed by atoms with Gasteiger partial charge in [-0.2, -0.15) is 0 Å². The molecule has 0 spiro atoms. The van der Waals surface area contributed by atoms with Crippen LogP contribution < -0.4 is 5.73 Å². The van der Waals surface area contributed by atoms with E-state index in [4.69, 9.17) is 5.73 Å². The molecule has 0 saturated heterocycles. The lowest BCUT2D eigenvalue weighted by Crippen LogP contribution is -2.08. The second-order valence-corrected chi connectivity index (χ2v) is 3.29. The standard InChI is InChI=1S/C8H11N3O2S/c1-13-6(12)3-5-4-10-8(14-2)11-7(5)9/h4H,3H2,1-2H3,(H2,9,10,11). The number of aromatic nitrogens is 2. The van der Waals surface area contributed by atoms with Crippen molar-refractivity contribution in [1.82, 2.24) is 9.97 Å². The van der Waals surface area contributed by atoms with Gasteiger partial charge in [-0.25, -0.2) is 9.97 Å². The summed E-state index contributed by atoms with van der Waals surface area (Å²) >= 11 is 1.40. The zero-order chi connectivity index (χ0) is 10.6. The molecule has 1 heterocycles. The number of rotatable bonds is 3. The summed E-state index contributed by atoms with van der Waals surface area (Å²) in [5.74, 6) is -0.0213. The molecule has 5 nitrogen and oxygen atoms in total. The number of nitrogens with zero attached hydrogens (tertiary/aromatic N) is 2. The van der Waals surface area contributed by atoms with Gasteiger partial charge in [0.05, 0.1) is 13.5 Å². The first-order valence-electron chi connectivity index (χ1n) is 3.89. The first-order valence-corrected chi connectivity index (χ1v) is 5.12. The molecular formula is C8H11N3O2S. The molecular weight excluding hydrogens is 202 g/mol. The van der Waals surface area contributed by atoms with Crippen molar-refractivity contribution < 1.29 is 9.53 Å². The summed E-state index contributed by atoms with van der Waals surface area (Å²) in [5, 5.41) is 0.594. The smallest absolute Gasteiger partial charge is 0.310 e. The zero-order valence-corrected chi connectivity index (χ0v) is 8.80. The summed E-state index contributed by atoms with van der Waals surface area (Å²) in [6, 6.07) is 0. The van der Waals surface area contributed by atoms with Gasteiger partial charge in [0, 0.05) is 11.8 Å². The number of thioether (sulfide) groups is 1. The Morgan fingerprint density at radius 1 is 1.71 bits per heavy atom. The number of carbonyl (C=O) groups is 1. The van der Waals surface area contributed by atoms with Crippen LogP contribution in [-0.4, -0.2) is 29.3 Å². The van der Waals surface area contributed by atoms with Crippen LogP contribution in [0.25, 0.3) is 0 Å². The number of hydrogen-bond donors (Lipinski definition) is 1. The largest absolute Gasteiger partial charge is 0.469 e. The van der Waals surface area contributed by atoms with Gasteiger partial charge in [-0.15, -0.1) is 0 Å². The minimum Gasteiger partial charge on any atom is -0.469 e. The number of carbonyl (C=O) groups excluding carboxylic acids is 1. The highest BCUT2D eigenvalue weighted by Crippen LogP contribution is 2.14. The highest BCUT2D eigenvalue weighted by molar-refractivity contribution is 7.98. The Morgan fingerprint density at radius 2 is 2.43 bits per heavy atom. The van der Waals surface area contributed by atoms with E-state index in [1.54, 1.807) is 6.20 Å². The number of anilines is 1. The predicted molar refractivity (Wildman–Crippen MR) is 53.9 cm³/mol. The van der Waals surface area contributed by atoms with Crippen molar-refractivity contribution in [1.29, 1.82) is 0 Å². The van der Waals surface area contributed by atoms with E-state index in [2.05, 4.69) is 14.7 Å². The normalized spacial score (nSPS) is 9.86. The van der Waals surface area contributed by atoms with E-state index in [-0.39, 0.29) is 12.4 Å². The fourth-order valence-corrected chi connectivity index (χ4v) is 1.21. The molecule has 0 aliphatic rings. The van der Waals surface area contributed by atoms with E-state index >= 15 is 0 Å². The fourth-order valence-electron chi connectivity index (χ4n) is 0.865. The molecule has 6 heteroatoms. The van der Waals surface area contributed by atoms with Gasteiger partial charge < -0.3 is 10.5 Å². The summed E-state index contributed by atoms with van der Waals surface area (Å²) in [6.07, 6.45) is 3.51. The SMILES string of the molecule is COC(=O)Cc1cnc(SC)nc1N. The Labute approximate surface area is 86.1 Å². The van der Waals surface area contributed by atoms with Gasteiger partial charge in [0.2, 0.25) is 0 Å². The molecule has 1 aromatic heterocycles. The zero-order valence-electron chi connectivity index (χ0n) is 7.98. The molecule has 0 bridgehead atoms. The van der Waals surface area contributed by atoms with Crippen molar-refractivity contribution in [2.45, 2.75) is 11.6 Å². The lowest BCUT2D eigenvalue weighted by molar-refractivity contribution is -0.139. The molecule has 0 amide bonds. The molecule has 14 heavy (non-hydrogen) atoms. The highest BCUT2D eigenvalue weighted by Gasteiger charge is 2.08. The van der Waals surface area contributed by atoms with Gasteiger partial charge in [-0.3, -0.25) is 4.79 Å². The Balaban J connectivity index is 2.83. The summed E-state index contributed by atoms with van der Waals surface area (Å²) in [4.78, 5) is 19.0. The number of nitrogen functional groups attached to an aromatic ring is 1. The van der Waals surface area contributed by atoms with Gasteiger partial charge in [-0.1, -0.05) is 11.8 Å². The summed E-state index contributed by atoms with van der Waals surface area (Å²) < 4.78 is 4.51. The predicted octanol–water partition coefficient (Wildman–Crippen LogP) is 0.496. The Kier molecular flexibility index (Phi) is 3.70. The van der Waals surface area contributed by atoms with Crippen molar-refractivity contribution in [3.63, 3.8) is 0 Å². The van der Waals surface area contributed by atoms with E-state index in [1.807, 2.05) is 6.26 Å². The summed E-state index contributed by atoms with van der Waals surface area (Å²) in [6.45, 7) is 0. The third-order valence-corrected chi connectivity index (χ3v) is 2.18. The Morgan fingerprint density at radius 3 is 2.93 bits per heavy atom. The molecule has 0 aliphatic carbocycles. The monoisotopic (exact) mass is 213 g/mol. The van der Waals surface area contributed by atoms with E-state index in [1.165, 1.54) is 18.9 Å². The van der Waals surface area contributed by atoms with Gasteiger partial charge >= 0.3 is 5.97 Å². The third-order valence-electron chi connectivity index (χ3n) is 1.62. The van der Waals surface area contributed by atoms with Crippen molar-refractivity contribution in [2.24, 2.45) is 0 Å². The molecule has 0 saturated carbocycles. The van der Waals surface area contributed by atoms with Crippen LogP contribution in [0, 0.1) is 0 Å². The average molecular weight is 213 g/mol. The van der Waals surface area contributed by atoms with Crippen LogP contribution in [0.2, 0.25) is 0 Å². The quantitative estimate of drug-likeness (QED) is 0.447. The lowest BCUT2D eigenvalue weighted by Gasteiger charge is -2.03. The van der Waals surface area contributed by atoms with E-state index in [9.17, 15) is 4.79 Å². The van der Waals surface area contributed by atoms with Crippen molar-refractivity contribution in [3.05, 3.63) is 11.8 Å². The van der Waals surface area contributed by atoms with E-state index < -0.39 is 0 Å². The maximum Gasteiger partial charge on any atom is 0.310 e. The molecule has 76 valence electrons. The van der Waals surface area contributed by atoms with Crippen LogP contribution in [0.4, 0.5) is 5.82 Å². The minimum atomic E-state index is -0.350. The maximum absolute atomic E-state index is 10.9. The average Bonchev–Trinajstić information content (AvgIpc) is 2.20.